The summed E-state index contributed by atoms with van der Waals surface area (Å²) >= 11 is 1.43. The molecule has 6 nitrogen and oxygen atoms in total. The Morgan fingerprint density at radius 2 is 2.04 bits per heavy atom. The van der Waals surface area contributed by atoms with Crippen LogP contribution < -0.4 is 10.6 Å². The lowest BCUT2D eigenvalue weighted by Gasteiger charge is -2.12. The van der Waals surface area contributed by atoms with Gasteiger partial charge >= 0.3 is 0 Å². The minimum Gasteiger partial charge on any atom is -0.352 e. The molecule has 2 aromatic rings. The van der Waals surface area contributed by atoms with Crippen molar-refractivity contribution in [1.82, 2.24) is 10.6 Å². The third kappa shape index (κ3) is 5.95. The lowest BCUT2D eigenvalue weighted by molar-refractivity contribution is -0.384. The Morgan fingerprint density at radius 1 is 1.26 bits per heavy atom. The molecule has 1 saturated heterocycles. The van der Waals surface area contributed by atoms with Crippen molar-refractivity contribution in [2.45, 2.75) is 22.6 Å². The van der Waals surface area contributed by atoms with Crippen LogP contribution in [-0.4, -0.2) is 30.5 Å². The Labute approximate surface area is 168 Å². The summed E-state index contributed by atoms with van der Waals surface area (Å²) in [4.78, 5) is 24.9. The molecular weight excluding hydrogens is 386 g/mol. The molecule has 1 aliphatic rings. The number of non-ortho nitro benzene ring substituents is 1. The molecule has 0 aliphatic carbocycles. The summed E-state index contributed by atoms with van der Waals surface area (Å²) in [6.07, 6.45) is 2.04. The number of rotatable bonds is 7. The summed E-state index contributed by atoms with van der Waals surface area (Å²) in [5.74, 6) is 0.316. The summed E-state index contributed by atoms with van der Waals surface area (Å²) in [7, 11) is 0. The Morgan fingerprint density at radius 3 is 2.70 bits per heavy atom. The molecule has 0 spiro atoms. The highest BCUT2D eigenvalue weighted by atomic mass is 35.5. The SMILES string of the molecule is Cl.O=C(NCCC1CCNC1)c1cc([N+](=O)[O-])ccc1Sc1ccccc1. The number of nitrogens with one attached hydrogen (secondary N) is 2. The number of hydrogen-bond donors (Lipinski definition) is 2. The van der Waals surface area contributed by atoms with Gasteiger partial charge in [-0.1, -0.05) is 30.0 Å². The van der Waals surface area contributed by atoms with E-state index in [9.17, 15) is 14.9 Å². The molecule has 0 aromatic heterocycles. The molecule has 1 amide bonds. The Bertz CT molecular complexity index is 783. The van der Waals surface area contributed by atoms with Gasteiger partial charge in [0.25, 0.3) is 11.6 Å². The molecule has 0 saturated carbocycles. The van der Waals surface area contributed by atoms with E-state index in [-0.39, 0.29) is 24.0 Å². The average molecular weight is 408 g/mol. The van der Waals surface area contributed by atoms with E-state index in [1.54, 1.807) is 6.07 Å². The number of nitro benzene ring substituents is 1. The van der Waals surface area contributed by atoms with Crippen molar-refractivity contribution in [3.8, 4) is 0 Å². The first-order chi connectivity index (χ1) is 12.6. The highest BCUT2D eigenvalue weighted by Gasteiger charge is 2.19. The molecule has 27 heavy (non-hydrogen) atoms. The van der Waals surface area contributed by atoms with Gasteiger partial charge in [0.15, 0.2) is 0 Å². The van der Waals surface area contributed by atoms with E-state index >= 15 is 0 Å². The molecule has 3 rings (SSSR count). The minimum atomic E-state index is -0.474. The lowest BCUT2D eigenvalue weighted by Crippen LogP contribution is -2.27. The van der Waals surface area contributed by atoms with E-state index in [1.807, 2.05) is 30.3 Å². The number of halogens is 1. The number of nitro groups is 1. The van der Waals surface area contributed by atoms with E-state index in [1.165, 1.54) is 23.9 Å². The van der Waals surface area contributed by atoms with E-state index < -0.39 is 4.92 Å². The van der Waals surface area contributed by atoms with Crippen molar-refractivity contribution >= 4 is 35.8 Å². The smallest absolute Gasteiger partial charge is 0.270 e. The summed E-state index contributed by atoms with van der Waals surface area (Å²) < 4.78 is 0. The molecule has 1 heterocycles. The molecule has 1 fully saturated rings. The standard InChI is InChI=1S/C19H21N3O3S.ClH/c23-19(21-11-9-14-8-10-20-13-14)17-12-15(22(24)25)6-7-18(17)26-16-4-2-1-3-5-16;/h1-7,12,14,20H,8-11,13H2,(H,21,23);1H. The first-order valence-electron chi connectivity index (χ1n) is 8.64. The van der Waals surface area contributed by atoms with Crippen LogP contribution in [0.25, 0.3) is 0 Å². The third-order valence-corrected chi connectivity index (χ3v) is 5.47. The van der Waals surface area contributed by atoms with Crippen LogP contribution in [0.1, 0.15) is 23.2 Å². The molecule has 1 atom stereocenters. The summed E-state index contributed by atoms with van der Waals surface area (Å²) in [6.45, 7) is 2.59. The Hall–Kier alpha value is -2.09. The van der Waals surface area contributed by atoms with Gasteiger partial charge in [-0.3, -0.25) is 14.9 Å². The quantitative estimate of drug-likeness (QED) is 0.537. The van der Waals surface area contributed by atoms with Crippen molar-refractivity contribution in [2.75, 3.05) is 19.6 Å². The van der Waals surface area contributed by atoms with E-state index in [2.05, 4.69) is 10.6 Å². The highest BCUT2D eigenvalue weighted by Crippen LogP contribution is 2.32. The van der Waals surface area contributed by atoms with Crippen LogP contribution in [0.15, 0.2) is 58.3 Å². The topological polar surface area (TPSA) is 84.3 Å². The van der Waals surface area contributed by atoms with Crippen LogP contribution in [0.2, 0.25) is 0 Å². The van der Waals surface area contributed by atoms with Gasteiger partial charge < -0.3 is 10.6 Å². The normalized spacial score (nSPS) is 15.8. The maximum atomic E-state index is 12.6. The van der Waals surface area contributed by atoms with Crippen molar-refractivity contribution in [3.05, 3.63) is 64.2 Å². The number of carbonyl (C=O) groups is 1. The number of benzene rings is 2. The number of amides is 1. The average Bonchev–Trinajstić information content (AvgIpc) is 3.16. The maximum absolute atomic E-state index is 12.6. The molecule has 1 aliphatic heterocycles. The zero-order valence-corrected chi connectivity index (χ0v) is 16.4. The first-order valence-corrected chi connectivity index (χ1v) is 9.45. The fraction of sp³-hybridized carbons (Fsp3) is 0.316. The minimum absolute atomic E-state index is 0. The van der Waals surface area contributed by atoms with Crippen LogP contribution in [0.4, 0.5) is 5.69 Å². The molecule has 0 bridgehead atoms. The predicted octanol–water partition coefficient (Wildman–Crippen LogP) is 3.90. The number of hydrogen-bond acceptors (Lipinski definition) is 5. The number of carbonyl (C=O) groups excluding carboxylic acids is 1. The zero-order chi connectivity index (χ0) is 18.4. The molecule has 0 radical (unpaired) electrons. The third-order valence-electron chi connectivity index (χ3n) is 4.39. The fourth-order valence-electron chi connectivity index (χ4n) is 2.96. The second kappa shape index (κ2) is 10.3. The molecule has 2 N–H and O–H groups in total. The zero-order valence-electron chi connectivity index (χ0n) is 14.7. The second-order valence-corrected chi connectivity index (χ2v) is 7.37. The Kier molecular flexibility index (Phi) is 8.09. The van der Waals surface area contributed by atoms with Gasteiger partial charge in [-0.2, -0.15) is 0 Å². The monoisotopic (exact) mass is 407 g/mol. The van der Waals surface area contributed by atoms with Gasteiger partial charge in [0.1, 0.15) is 0 Å². The molecule has 144 valence electrons. The lowest BCUT2D eigenvalue weighted by atomic mass is 10.1. The molecular formula is C19H22ClN3O3S. The van der Waals surface area contributed by atoms with Crippen LogP contribution in [-0.2, 0) is 0 Å². The van der Waals surface area contributed by atoms with Crippen LogP contribution in [0.5, 0.6) is 0 Å². The van der Waals surface area contributed by atoms with Crippen molar-refractivity contribution in [2.24, 2.45) is 5.92 Å². The van der Waals surface area contributed by atoms with Crippen LogP contribution in [0, 0.1) is 16.0 Å². The maximum Gasteiger partial charge on any atom is 0.270 e. The molecule has 1 unspecified atom stereocenters. The molecule has 2 aromatic carbocycles. The Balaban J connectivity index is 0.00000261. The first kappa shape index (κ1) is 21.2. The summed E-state index contributed by atoms with van der Waals surface area (Å²) in [5, 5.41) is 17.3. The van der Waals surface area contributed by atoms with Gasteiger partial charge in [-0.25, -0.2) is 0 Å². The van der Waals surface area contributed by atoms with Gasteiger partial charge in [0.2, 0.25) is 0 Å². The number of nitrogens with zero attached hydrogens (tertiary/aromatic N) is 1. The predicted molar refractivity (Wildman–Crippen MR) is 109 cm³/mol. The van der Waals surface area contributed by atoms with Crippen molar-refractivity contribution in [3.63, 3.8) is 0 Å². The summed E-state index contributed by atoms with van der Waals surface area (Å²) in [6, 6.07) is 14.1. The largest absolute Gasteiger partial charge is 0.352 e. The van der Waals surface area contributed by atoms with Gasteiger partial charge in [0, 0.05) is 28.5 Å². The fourth-order valence-corrected chi connectivity index (χ4v) is 3.90. The summed E-state index contributed by atoms with van der Waals surface area (Å²) in [5.41, 5.74) is 0.269. The second-order valence-electron chi connectivity index (χ2n) is 6.26. The van der Waals surface area contributed by atoms with Gasteiger partial charge in [-0.15, -0.1) is 12.4 Å². The molecule has 8 heteroatoms. The van der Waals surface area contributed by atoms with Crippen LogP contribution >= 0.6 is 24.2 Å². The van der Waals surface area contributed by atoms with Gasteiger partial charge in [0.05, 0.1) is 10.5 Å². The van der Waals surface area contributed by atoms with Crippen LogP contribution in [0.3, 0.4) is 0 Å². The van der Waals surface area contributed by atoms with E-state index in [4.69, 9.17) is 0 Å². The van der Waals surface area contributed by atoms with E-state index in [0.717, 1.165) is 30.8 Å². The van der Waals surface area contributed by atoms with E-state index in [0.29, 0.717) is 22.9 Å². The highest BCUT2D eigenvalue weighted by molar-refractivity contribution is 7.99. The van der Waals surface area contributed by atoms with Crippen molar-refractivity contribution < 1.29 is 9.72 Å². The van der Waals surface area contributed by atoms with Gasteiger partial charge in [-0.05, 0) is 50.0 Å². The van der Waals surface area contributed by atoms with Crippen molar-refractivity contribution in [1.29, 1.82) is 0 Å².